The maximum Gasteiger partial charge on any atom is 0.254 e. The van der Waals surface area contributed by atoms with Crippen LogP contribution in [0.15, 0.2) is 18.2 Å². The molecule has 1 aliphatic rings. The van der Waals surface area contributed by atoms with Crippen molar-refractivity contribution in [2.75, 3.05) is 34.3 Å². The molecular weight excluding hydrogens is 288 g/mol. The highest BCUT2D eigenvalue weighted by molar-refractivity contribution is 6.31. The average molecular weight is 311 g/mol. The molecule has 0 N–H and O–H groups in total. The van der Waals surface area contributed by atoms with Gasteiger partial charge in [-0.05, 0) is 51.6 Å². The fourth-order valence-corrected chi connectivity index (χ4v) is 3.01. The lowest BCUT2D eigenvalue weighted by atomic mass is 10.1. The van der Waals surface area contributed by atoms with E-state index < -0.39 is 0 Å². The third-order valence-corrected chi connectivity index (χ3v) is 4.29. The first-order valence-corrected chi connectivity index (χ1v) is 7.69. The number of hydrogen-bond acceptors (Lipinski definition) is 3. The van der Waals surface area contributed by atoms with Gasteiger partial charge in [0.15, 0.2) is 0 Å². The van der Waals surface area contributed by atoms with Gasteiger partial charge in [0.05, 0.1) is 7.11 Å². The molecule has 0 aromatic heterocycles. The zero-order valence-electron chi connectivity index (χ0n) is 12.9. The Hall–Kier alpha value is -1.26. The topological polar surface area (TPSA) is 32.8 Å². The summed E-state index contributed by atoms with van der Waals surface area (Å²) in [6, 6.07) is 5.73. The summed E-state index contributed by atoms with van der Waals surface area (Å²) in [5.41, 5.74) is 0.600. The summed E-state index contributed by atoms with van der Waals surface area (Å²) in [5, 5.41) is 0.527. The summed E-state index contributed by atoms with van der Waals surface area (Å²) in [7, 11) is 5.78. The van der Waals surface area contributed by atoms with Gasteiger partial charge in [-0.15, -0.1) is 0 Å². The van der Waals surface area contributed by atoms with Gasteiger partial charge in [-0.25, -0.2) is 0 Å². The largest absolute Gasteiger partial charge is 0.497 e. The molecule has 1 aromatic rings. The third kappa shape index (κ3) is 4.11. The van der Waals surface area contributed by atoms with Crippen LogP contribution in [-0.4, -0.2) is 56.0 Å². The second-order valence-electron chi connectivity index (χ2n) is 5.72. The molecule has 0 unspecified atom stereocenters. The minimum Gasteiger partial charge on any atom is -0.497 e. The molecule has 1 atom stereocenters. The summed E-state index contributed by atoms with van der Waals surface area (Å²) < 4.78 is 5.18. The number of amides is 1. The Bertz CT molecular complexity index is 505. The average Bonchev–Trinajstić information content (AvgIpc) is 2.71. The molecule has 2 rings (SSSR count). The predicted octanol–water partition coefficient (Wildman–Crippen LogP) is 2.90. The van der Waals surface area contributed by atoms with Crippen molar-refractivity contribution in [3.63, 3.8) is 0 Å². The van der Waals surface area contributed by atoms with E-state index in [2.05, 4.69) is 19.0 Å². The van der Waals surface area contributed by atoms with Gasteiger partial charge in [0, 0.05) is 29.7 Å². The lowest BCUT2D eigenvalue weighted by molar-refractivity contribution is 0.0758. The van der Waals surface area contributed by atoms with Crippen LogP contribution in [0.3, 0.4) is 0 Å². The fraction of sp³-hybridized carbons (Fsp3) is 0.562. The van der Waals surface area contributed by atoms with E-state index in [9.17, 15) is 4.79 Å². The van der Waals surface area contributed by atoms with E-state index in [0.29, 0.717) is 22.4 Å². The molecule has 4 nitrogen and oxygen atoms in total. The zero-order chi connectivity index (χ0) is 15.4. The Morgan fingerprint density at radius 1 is 1.29 bits per heavy atom. The fourth-order valence-electron chi connectivity index (χ4n) is 2.78. The number of hydrogen-bond donors (Lipinski definition) is 0. The Labute approximate surface area is 131 Å². The van der Waals surface area contributed by atoms with Crippen LogP contribution in [0.4, 0.5) is 0 Å². The minimum atomic E-state index is 0.0372. The number of ether oxygens (including phenoxy) is 1. The van der Waals surface area contributed by atoms with Gasteiger partial charge in [0.2, 0.25) is 0 Å². The highest BCUT2D eigenvalue weighted by atomic mass is 35.5. The van der Waals surface area contributed by atoms with Crippen molar-refractivity contribution in [1.29, 1.82) is 0 Å². The van der Waals surface area contributed by atoms with Crippen molar-refractivity contribution in [2.45, 2.75) is 25.3 Å². The van der Waals surface area contributed by atoms with Crippen molar-refractivity contribution in [2.24, 2.45) is 0 Å². The second kappa shape index (κ2) is 7.14. The maximum absolute atomic E-state index is 12.6. The van der Waals surface area contributed by atoms with E-state index >= 15 is 0 Å². The van der Waals surface area contributed by atoms with E-state index in [1.807, 2.05) is 4.90 Å². The quantitative estimate of drug-likeness (QED) is 0.860. The molecule has 1 fully saturated rings. The molecule has 5 heteroatoms. The Balaban J connectivity index is 2.11. The summed E-state index contributed by atoms with van der Waals surface area (Å²) in [6.07, 6.45) is 3.18. The SMILES string of the molecule is COc1cc(Cl)cc(C(=O)N2CCC[C@@H](N(C)C)CC2)c1. The Morgan fingerprint density at radius 3 is 2.71 bits per heavy atom. The Kier molecular flexibility index (Phi) is 5.48. The van der Waals surface area contributed by atoms with Gasteiger partial charge in [-0.3, -0.25) is 4.79 Å². The van der Waals surface area contributed by atoms with E-state index in [0.717, 1.165) is 32.4 Å². The van der Waals surface area contributed by atoms with E-state index in [4.69, 9.17) is 16.3 Å². The van der Waals surface area contributed by atoms with Gasteiger partial charge < -0.3 is 14.5 Å². The van der Waals surface area contributed by atoms with Gasteiger partial charge in [0.25, 0.3) is 5.91 Å². The van der Waals surface area contributed by atoms with E-state index in [1.165, 1.54) is 0 Å². The number of likely N-dealkylation sites (tertiary alicyclic amines) is 1. The zero-order valence-corrected chi connectivity index (χ0v) is 13.7. The van der Waals surface area contributed by atoms with Crippen molar-refractivity contribution >= 4 is 17.5 Å². The highest BCUT2D eigenvalue weighted by Gasteiger charge is 2.23. The molecule has 21 heavy (non-hydrogen) atoms. The third-order valence-electron chi connectivity index (χ3n) is 4.07. The summed E-state index contributed by atoms with van der Waals surface area (Å²) in [4.78, 5) is 16.8. The number of methoxy groups -OCH3 is 1. The Morgan fingerprint density at radius 2 is 2.05 bits per heavy atom. The molecule has 0 spiro atoms. The van der Waals surface area contributed by atoms with Crippen LogP contribution in [0.25, 0.3) is 0 Å². The van der Waals surface area contributed by atoms with Crippen LogP contribution in [0.5, 0.6) is 5.75 Å². The van der Waals surface area contributed by atoms with Crippen molar-refractivity contribution in [3.8, 4) is 5.75 Å². The summed E-state index contributed by atoms with van der Waals surface area (Å²) in [6.45, 7) is 1.59. The van der Waals surface area contributed by atoms with Crippen molar-refractivity contribution in [3.05, 3.63) is 28.8 Å². The van der Waals surface area contributed by atoms with Crippen molar-refractivity contribution in [1.82, 2.24) is 9.80 Å². The van der Waals surface area contributed by atoms with Gasteiger partial charge >= 0.3 is 0 Å². The molecule has 1 heterocycles. The first-order chi connectivity index (χ1) is 10.0. The van der Waals surface area contributed by atoms with Crippen LogP contribution < -0.4 is 4.74 Å². The van der Waals surface area contributed by atoms with Crippen LogP contribution in [0, 0.1) is 0 Å². The van der Waals surface area contributed by atoms with Crippen LogP contribution >= 0.6 is 11.6 Å². The number of rotatable bonds is 3. The number of carbonyl (C=O) groups excluding carboxylic acids is 1. The van der Waals surface area contributed by atoms with Crippen LogP contribution in [0.1, 0.15) is 29.6 Å². The second-order valence-corrected chi connectivity index (χ2v) is 6.16. The van der Waals surface area contributed by atoms with Crippen molar-refractivity contribution < 1.29 is 9.53 Å². The first-order valence-electron chi connectivity index (χ1n) is 7.31. The molecule has 1 saturated heterocycles. The first kappa shape index (κ1) is 16.1. The van der Waals surface area contributed by atoms with Gasteiger partial charge in [-0.2, -0.15) is 0 Å². The molecule has 1 aromatic carbocycles. The molecule has 0 saturated carbocycles. The number of nitrogens with zero attached hydrogens (tertiary/aromatic N) is 2. The maximum atomic E-state index is 12.6. The smallest absolute Gasteiger partial charge is 0.254 e. The molecule has 0 radical (unpaired) electrons. The molecular formula is C16H23ClN2O2. The van der Waals surface area contributed by atoms with Gasteiger partial charge in [0.1, 0.15) is 5.75 Å². The number of halogens is 1. The number of carbonyl (C=O) groups is 1. The normalized spacial score (nSPS) is 19.5. The van der Waals surface area contributed by atoms with Crippen LogP contribution in [-0.2, 0) is 0 Å². The van der Waals surface area contributed by atoms with E-state index in [1.54, 1.807) is 25.3 Å². The van der Waals surface area contributed by atoms with E-state index in [-0.39, 0.29) is 5.91 Å². The van der Waals surface area contributed by atoms with Gasteiger partial charge in [-0.1, -0.05) is 11.6 Å². The lowest BCUT2D eigenvalue weighted by Gasteiger charge is -2.23. The highest BCUT2D eigenvalue weighted by Crippen LogP contribution is 2.23. The van der Waals surface area contributed by atoms with Crippen LogP contribution in [0.2, 0.25) is 5.02 Å². The summed E-state index contributed by atoms with van der Waals surface area (Å²) >= 11 is 6.05. The number of benzene rings is 1. The molecule has 116 valence electrons. The molecule has 1 amide bonds. The monoisotopic (exact) mass is 310 g/mol. The predicted molar refractivity (Wildman–Crippen MR) is 85.2 cm³/mol. The molecule has 0 aliphatic carbocycles. The summed E-state index contributed by atoms with van der Waals surface area (Å²) in [5.74, 6) is 0.655. The molecule has 1 aliphatic heterocycles. The molecule has 0 bridgehead atoms. The standard InChI is InChI=1S/C16H23ClN2O2/c1-18(2)14-5-4-7-19(8-6-14)16(20)12-9-13(17)11-15(10-12)21-3/h9-11,14H,4-8H2,1-3H3/t14-/m1/s1. The minimum absolute atomic E-state index is 0.0372. The lowest BCUT2D eigenvalue weighted by Crippen LogP contribution is -2.33.